The van der Waals surface area contributed by atoms with E-state index in [9.17, 15) is 9.90 Å². The molecule has 134 valence electrons. The van der Waals surface area contributed by atoms with Crippen LogP contribution in [0.25, 0.3) is 0 Å². The Morgan fingerprint density at radius 3 is 2.71 bits per heavy atom. The van der Waals surface area contributed by atoms with Crippen molar-refractivity contribution in [2.45, 2.75) is 45.4 Å². The number of hydrogen-bond acceptors (Lipinski definition) is 5. The van der Waals surface area contributed by atoms with Crippen molar-refractivity contribution >= 4 is 5.91 Å². The fourth-order valence-corrected chi connectivity index (χ4v) is 2.64. The SMILES string of the molecule is COc1cc([C@H](C)NC(=O)[C@H]2C[C@H](O)CN2)ccc1OCC(C)C. The molecule has 1 aliphatic rings. The first-order valence-corrected chi connectivity index (χ1v) is 8.43. The Morgan fingerprint density at radius 1 is 1.38 bits per heavy atom. The lowest BCUT2D eigenvalue weighted by atomic mass is 10.1. The monoisotopic (exact) mass is 336 g/mol. The zero-order valence-corrected chi connectivity index (χ0v) is 14.8. The predicted molar refractivity (Wildman–Crippen MR) is 92.3 cm³/mol. The number of aliphatic hydroxyl groups excluding tert-OH is 1. The van der Waals surface area contributed by atoms with E-state index in [1.54, 1.807) is 7.11 Å². The van der Waals surface area contributed by atoms with E-state index in [4.69, 9.17) is 9.47 Å². The Labute approximate surface area is 143 Å². The number of carbonyl (C=O) groups is 1. The number of rotatable bonds is 7. The summed E-state index contributed by atoms with van der Waals surface area (Å²) in [6.45, 7) is 7.19. The van der Waals surface area contributed by atoms with E-state index in [0.717, 1.165) is 5.56 Å². The molecule has 1 aliphatic heterocycles. The van der Waals surface area contributed by atoms with Crippen LogP contribution >= 0.6 is 0 Å². The van der Waals surface area contributed by atoms with Crippen LogP contribution in [0.4, 0.5) is 0 Å². The fraction of sp³-hybridized carbons (Fsp3) is 0.611. The molecule has 0 unspecified atom stereocenters. The Hall–Kier alpha value is -1.79. The summed E-state index contributed by atoms with van der Waals surface area (Å²) in [5.41, 5.74) is 0.940. The van der Waals surface area contributed by atoms with E-state index in [0.29, 0.717) is 37.0 Å². The first-order chi connectivity index (χ1) is 11.4. The van der Waals surface area contributed by atoms with Gasteiger partial charge in [0.1, 0.15) is 0 Å². The van der Waals surface area contributed by atoms with Crippen molar-refractivity contribution in [1.82, 2.24) is 10.6 Å². The number of amides is 1. The summed E-state index contributed by atoms with van der Waals surface area (Å²) >= 11 is 0. The average molecular weight is 336 g/mol. The van der Waals surface area contributed by atoms with Gasteiger partial charge in [-0.15, -0.1) is 0 Å². The molecule has 6 nitrogen and oxygen atoms in total. The highest BCUT2D eigenvalue weighted by Gasteiger charge is 2.28. The normalized spacial score (nSPS) is 21.6. The molecule has 1 amide bonds. The molecule has 1 heterocycles. The summed E-state index contributed by atoms with van der Waals surface area (Å²) in [5.74, 6) is 1.69. The van der Waals surface area contributed by atoms with E-state index >= 15 is 0 Å². The first-order valence-electron chi connectivity index (χ1n) is 8.43. The van der Waals surface area contributed by atoms with Crippen molar-refractivity contribution < 1.29 is 19.4 Å². The lowest BCUT2D eigenvalue weighted by Gasteiger charge is -2.19. The minimum atomic E-state index is -0.450. The largest absolute Gasteiger partial charge is 0.493 e. The van der Waals surface area contributed by atoms with Crippen LogP contribution in [0.15, 0.2) is 18.2 Å². The Morgan fingerprint density at radius 2 is 2.12 bits per heavy atom. The molecule has 1 aromatic rings. The zero-order chi connectivity index (χ0) is 17.7. The molecule has 6 heteroatoms. The maximum absolute atomic E-state index is 12.2. The number of carbonyl (C=O) groups excluding carboxylic acids is 1. The van der Waals surface area contributed by atoms with Gasteiger partial charge in [-0.05, 0) is 37.0 Å². The fourth-order valence-electron chi connectivity index (χ4n) is 2.64. The van der Waals surface area contributed by atoms with Crippen molar-refractivity contribution in [3.05, 3.63) is 23.8 Å². The van der Waals surface area contributed by atoms with Gasteiger partial charge in [0, 0.05) is 6.54 Å². The summed E-state index contributed by atoms with van der Waals surface area (Å²) in [6.07, 6.45) is -0.00216. The number of β-amino-alcohol motifs (C(OH)–C–C–N with tert-alkyl or cyclic N) is 1. The second kappa shape index (κ2) is 8.35. The first kappa shape index (κ1) is 18.5. The Bertz CT molecular complexity index is 562. The van der Waals surface area contributed by atoms with Gasteiger partial charge in [0.25, 0.3) is 0 Å². The standard InChI is InChI=1S/C18H28N2O4/c1-11(2)10-24-16-6-5-13(7-17(16)23-4)12(3)20-18(22)15-8-14(21)9-19-15/h5-7,11-12,14-15,19,21H,8-10H2,1-4H3,(H,20,22)/t12-,14-,15+/m0/s1. The summed E-state index contributed by atoms with van der Waals surface area (Å²) in [5, 5.41) is 15.5. The molecule has 3 atom stereocenters. The molecule has 0 spiro atoms. The highest BCUT2D eigenvalue weighted by molar-refractivity contribution is 5.82. The van der Waals surface area contributed by atoms with E-state index in [-0.39, 0.29) is 18.0 Å². The topological polar surface area (TPSA) is 79.8 Å². The molecule has 3 N–H and O–H groups in total. The summed E-state index contributed by atoms with van der Waals surface area (Å²) in [7, 11) is 1.61. The van der Waals surface area contributed by atoms with Crippen molar-refractivity contribution in [2.75, 3.05) is 20.3 Å². The lowest BCUT2D eigenvalue weighted by Crippen LogP contribution is -2.41. The van der Waals surface area contributed by atoms with Gasteiger partial charge in [-0.3, -0.25) is 4.79 Å². The summed E-state index contributed by atoms with van der Waals surface area (Å²) < 4.78 is 11.2. The van der Waals surface area contributed by atoms with Crippen LogP contribution in [0.1, 0.15) is 38.8 Å². The molecule has 0 aromatic heterocycles. The molecule has 1 fully saturated rings. The highest BCUT2D eigenvalue weighted by atomic mass is 16.5. The van der Waals surface area contributed by atoms with Crippen LogP contribution in [-0.2, 0) is 4.79 Å². The van der Waals surface area contributed by atoms with Gasteiger partial charge in [-0.2, -0.15) is 0 Å². The number of benzene rings is 1. The summed E-state index contributed by atoms with van der Waals surface area (Å²) in [6, 6.07) is 5.19. The lowest BCUT2D eigenvalue weighted by molar-refractivity contribution is -0.123. The molecule has 24 heavy (non-hydrogen) atoms. The average Bonchev–Trinajstić information content (AvgIpc) is 2.99. The zero-order valence-electron chi connectivity index (χ0n) is 14.8. The number of ether oxygens (including phenoxy) is 2. The van der Waals surface area contributed by atoms with Crippen molar-refractivity contribution in [2.24, 2.45) is 5.92 Å². The number of hydrogen-bond donors (Lipinski definition) is 3. The number of methoxy groups -OCH3 is 1. The van der Waals surface area contributed by atoms with Gasteiger partial charge >= 0.3 is 0 Å². The number of aliphatic hydroxyl groups is 1. The third-order valence-electron chi connectivity index (χ3n) is 4.04. The third-order valence-corrected chi connectivity index (χ3v) is 4.04. The van der Waals surface area contributed by atoms with E-state index in [1.807, 2.05) is 25.1 Å². The van der Waals surface area contributed by atoms with Crippen LogP contribution in [-0.4, -0.2) is 43.4 Å². The Kier molecular flexibility index (Phi) is 6.45. The molecular formula is C18H28N2O4. The van der Waals surface area contributed by atoms with Crippen LogP contribution < -0.4 is 20.1 Å². The van der Waals surface area contributed by atoms with Crippen LogP contribution in [0.3, 0.4) is 0 Å². The smallest absolute Gasteiger partial charge is 0.237 e. The molecule has 0 aliphatic carbocycles. The molecule has 1 aromatic carbocycles. The van der Waals surface area contributed by atoms with E-state index in [1.165, 1.54) is 0 Å². The molecule has 0 saturated carbocycles. The van der Waals surface area contributed by atoms with Crippen LogP contribution in [0, 0.1) is 5.92 Å². The minimum absolute atomic E-state index is 0.0989. The van der Waals surface area contributed by atoms with E-state index in [2.05, 4.69) is 24.5 Å². The molecule has 2 rings (SSSR count). The maximum Gasteiger partial charge on any atom is 0.237 e. The van der Waals surface area contributed by atoms with Gasteiger partial charge in [0.15, 0.2) is 11.5 Å². The number of nitrogens with one attached hydrogen (secondary N) is 2. The van der Waals surface area contributed by atoms with Gasteiger partial charge in [-0.1, -0.05) is 19.9 Å². The van der Waals surface area contributed by atoms with E-state index < -0.39 is 6.10 Å². The predicted octanol–water partition coefficient (Wildman–Crippen LogP) is 1.63. The quantitative estimate of drug-likeness (QED) is 0.705. The summed E-state index contributed by atoms with van der Waals surface area (Å²) in [4.78, 5) is 12.2. The third kappa shape index (κ3) is 4.85. The van der Waals surface area contributed by atoms with Crippen molar-refractivity contribution in [3.63, 3.8) is 0 Å². The Balaban J connectivity index is 2.01. The molecule has 0 bridgehead atoms. The van der Waals surface area contributed by atoms with Crippen molar-refractivity contribution in [3.8, 4) is 11.5 Å². The molecule has 0 radical (unpaired) electrons. The second-order valence-electron chi connectivity index (χ2n) is 6.70. The maximum atomic E-state index is 12.2. The van der Waals surface area contributed by atoms with Gasteiger partial charge in [0.2, 0.25) is 5.91 Å². The van der Waals surface area contributed by atoms with Gasteiger partial charge < -0.3 is 25.2 Å². The minimum Gasteiger partial charge on any atom is -0.493 e. The van der Waals surface area contributed by atoms with Gasteiger partial charge in [-0.25, -0.2) is 0 Å². The second-order valence-corrected chi connectivity index (χ2v) is 6.70. The van der Waals surface area contributed by atoms with Crippen LogP contribution in [0.5, 0.6) is 11.5 Å². The molecule has 1 saturated heterocycles. The van der Waals surface area contributed by atoms with Crippen molar-refractivity contribution in [1.29, 1.82) is 0 Å². The molecular weight excluding hydrogens is 308 g/mol. The van der Waals surface area contributed by atoms with Crippen LogP contribution in [0.2, 0.25) is 0 Å². The highest BCUT2D eigenvalue weighted by Crippen LogP contribution is 2.30. The van der Waals surface area contributed by atoms with Gasteiger partial charge in [0.05, 0.1) is 31.9 Å².